The fraction of sp³-hybridized carbons (Fsp3) is 0.400. The summed E-state index contributed by atoms with van der Waals surface area (Å²) in [7, 11) is 0. The summed E-state index contributed by atoms with van der Waals surface area (Å²) >= 11 is 1.60. The van der Waals surface area contributed by atoms with Crippen molar-refractivity contribution in [3.05, 3.63) is 28.3 Å². The normalized spacial score (nSPS) is 10.0. The number of nitro benzene ring substituents is 1. The zero-order valence-electron chi connectivity index (χ0n) is 8.82. The molecular weight excluding hydrogens is 212 g/mol. The lowest BCUT2D eigenvalue weighted by Gasteiger charge is -2.05. The maximum atomic E-state index is 10.7. The number of hydrogen-bond donors (Lipinski definition) is 1. The van der Waals surface area contributed by atoms with Crippen LogP contribution in [0.15, 0.2) is 23.1 Å². The summed E-state index contributed by atoms with van der Waals surface area (Å²) in [4.78, 5) is 11.3. The highest BCUT2D eigenvalue weighted by atomic mass is 32.2. The SMILES string of the molecule is CCNc1cc(SCC)cc([N+](=O)[O-])c1. The van der Waals surface area contributed by atoms with Gasteiger partial charge < -0.3 is 5.32 Å². The molecule has 0 atom stereocenters. The van der Waals surface area contributed by atoms with Crippen molar-refractivity contribution < 1.29 is 4.92 Å². The number of benzene rings is 1. The second-order valence-corrected chi connectivity index (χ2v) is 4.27. The lowest BCUT2D eigenvalue weighted by atomic mass is 10.3. The lowest BCUT2D eigenvalue weighted by molar-refractivity contribution is -0.385. The van der Waals surface area contributed by atoms with Crippen molar-refractivity contribution in [3.63, 3.8) is 0 Å². The van der Waals surface area contributed by atoms with Crippen LogP contribution in [0.4, 0.5) is 11.4 Å². The minimum atomic E-state index is -0.361. The molecule has 15 heavy (non-hydrogen) atoms. The Morgan fingerprint density at radius 3 is 2.67 bits per heavy atom. The number of anilines is 1. The van der Waals surface area contributed by atoms with Crippen LogP contribution >= 0.6 is 11.8 Å². The number of nitrogens with zero attached hydrogens (tertiary/aromatic N) is 1. The molecule has 0 aromatic heterocycles. The van der Waals surface area contributed by atoms with Gasteiger partial charge in [0.15, 0.2) is 0 Å². The minimum absolute atomic E-state index is 0.143. The summed E-state index contributed by atoms with van der Waals surface area (Å²) < 4.78 is 0. The Kier molecular flexibility index (Phi) is 4.42. The van der Waals surface area contributed by atoms with Gasteiger partial charge >= 0.3 is 0 Å². The Morgan fingerprint density at radius 2 is 2.13 bits per heavy atom. The molecule has 0 aliphatic heterocycles. The van der Waals surface area contributed by atoms with Crippen molar-refractivity contribution >= 4 is 23.1 Å². The molecule has 0 saturated carbocycles. The molecule has 4 nitrogen and oxygen atoms in total. The van der Waals surface area contributed by atoms with Crippen LogP contribution in [-0.2, 0) is 0 Å². The molecule has 0 bridgehead atoms. The molecule has 5 heteroatoms. The Hall–Kier alpha value is -1.23. The standard InChI is InChI=1S/C10H14N2O2S/c1-3-11-8-5-9(12(13)14)7-10(6-8)15-4-2/h5-7,11H,3-4H2,1-2H3. The third-order valence-corrected chi connectivity index (χ3v) is 2.65. The number of hydrogen-bond acceptors (Lipinski definition) is 4. The second kappa shape index (κ2) is 5.60. The smallest absolute Gasteiger partial charge is 0.272 e. The molecule has 1 rings (SSSR count). The van der Waals surface area contributed by atoms with E-state index in [1.54, 1.807) is 23.9 Å². The second-order valence-electron chi connectivity index (χ2n) is 2.94. The molecular formula is C10H14N2O2S. The van der Waals surface area contributed by atoms with E-state index in [0.717, 1.165) is 22.9 Å². The van der Waals surface area contributed by atoms with Gasteiger partial charge in [0.2, 0.25) is 0 Å². The van der Waals surface area contributed by atoms with Crippen LogP contribution in [0.2, 0.25) is 0 Å². The van der Waals surface area contributed by atoms with Crippen LogP contribution in [0.5, 0.6) is 0 Å². The monoisotopic (exact) mass is 226 g/mol. The van der Waals surface area contributed by atoms with Crippen LogP contribution in [0.1, 0.15) is 13.8 Å². The third-order valence-electron chi connectivity index (χ3n) is 1.79. The molecule has 0 fully saturated rings. The number of nitro groups is 1. The summed E-state index contributed by atoms with van der Waals surface area (Å²) in [5.74, 6) is 0.909. The fourth-order valence-corrected chi connectivity index (χ4v) is 1.99. The van der Waals surface area contributed by atoms with E-state index in [9.17, 15) is 10.1 Å². The molecule has 82 valence electrons. The summed E-state index contributed by atoms with van der Waals surface area (Å²) in [6.07, 6.45) is 0. The largest absolute Gasteiger partial charge is 0.385 e. The van der Waals surface area contributed by atoms with Crippen molar-refractivity contribution in [2.75, 3.05) is 17.6 Å². The van der Waals surface area contributed by atoms with Crippen molar-refractivity contribution in [2.45, 2.75) is 18.7 Å². The van der Waals surface area contributed by atoms with Crippen molar-refractivity contribution in [1.82, 2.24) is 0 Å². The number of nitrogens with one attached hydrogen (secondary N) is 1. The van der Waals surface area contributed by atoms with E-state index in [0.29, 0.717) is 0 Å². The molecule has 0 saturated heterocycles. The van der Waals surface area contributed by atoms with Gasteiger partial charge in [0.05, 0.1) is 4.92 Å². The van der Waals surface area contributed by atoms with Crippen molar-refractivity contribution in [3.8, 4) is 0 Å². The first-order valence-electron chi connectivity index (χ1n) is 4.83. The van der Waals surface area contributed by atoms with E-state index in [1.165, 1.54) is 0 Å². The van der Waals surface area contributed by atoms with Gasteiger partial charge in [-0.1, -0.05) is 6.92 Å². The molecule has 0 aliphatic rings. The minimum Gasteiger partial charge on any atom is -0.385 e. The first kappa shape index (κ1) is 11.8. The highest BCUT2D eigenvalue weighted by Crippen LogP contribution is 2.27. The van der Waals surface area contributed by atoms with Crippen LogP contribution in [0.25, 0.3) is 0 Å². The Labute approximate surface area is 93.2 Å². The highest BCUT2D eigenvalue weighted by Gasteiger charge is 2.09. The average Bonchev–Trinajstić information content (AvgIpc) is 2.18. The van der Waals surface area contributed by atoms with Gasteiger partial charge in [-0.3, -0.25) is 10.1 Å². The predicted octanol–water partition coefficient (Wildman–Crippen LogP) is 3.14. The van der Waals surface area contributed by atoms with E-state index >= 15 is 0 Å². The van der Waals surface area contributed by atoms with Crippen LogP contribution in [0.3, 0.4) is 0 Å². The van der Waals surface area contributed by atoms with Crippen LogP contribution in [0, 0.1) is 10.1 Å². The Balaban J connectivity index is 3.02. The predicted molar refractivity (Wildman–Crippen MR) is 63.7 cm³/mol. The molecule has 0 amide bonds. The number of non-ortho nitro benzene ring substituents is 1. The van der Waals surface area contributed by atoms with Gasteiger partial charge in [0, 0.05) is 29.3 Å². The number of thioether (sulfide) groups is 1. The first-order valence-corrected chi connectivity index (χ1v) is 5.82. The quantitative estimate of drug-likeness (QED) is 0.476. The van der Waals surface area contributed by atoms with E-state index < -0.39 is 0 Å². The topological polar surface area (TPSA) is 55.2 Å². The lowest BCUT2D eigenvalue weighted by Crippen LogP contribution is -1.98. The molecule has 0 heterocycles. The van der Waals surface area contributed by atoms with Gasteiger partial charge in [-0.05, 0) is 18.7 Å². The van der Waals surface area contributed by atoms with E-state index in [-0.39, 0.29) is 10.6 Å². The third kappa shape index (κ3) is 3.43. The Morgan fingerprint density at radius 1 is 1.40 bits per heavy atom. The van der Waals surface area contributed by atoms with Gasteiger partial charge in [-0.25, -0.2) is 0 Å². The zero-order chi connectivity index (χ0) is 11.3. The van der Waals surface area contributed by atoms with Crippen LogP contribution < -0.4 is 5.32 Å². The highest BCUT2D eigenvalue weighted by molar-refractivity contribution is 7.99. The summed E-state index contributed by atoms with van der Waals surface area (Å²) in [5.41, 5.74) is 0.951. The molecule has 0 unspecified atom stereocenters. The van der Waals surface area contributed by atoms with Gasteiger partial charge in [-0.2, -0.15) is 0 Å². The molecule has 0 aliphatic carbocycles. The van der Waals surface area contributed by atoms with Crippen LogP contribution in [-0.4, -0.2) is 17.2 Å². The first-order chi connectivity index (χ1) is 7.17. The average molecular weight is 226 g/mol. The van der Waals surface area contributed by atoms with Crippen molar-refractivity contribution in [2.24, 2.45) is 0 Å². The molecule has 1 N–H and O–H groups in total. The van der Waals surface area contributed by atoms with Gasteiger partial charge in [0.1, 0.15) is 0 Å². The maximum Gasteiger partial charge on any atom is 0.272 e. The molecule has 0 spiro atoms. The van der Waals surface area contributed by atoms with E-state index in [4.69, 9.17) is 0 Å². The summed E-state index contributed by atoms with van der Waals surface area (Å²) in [5, 5.41) is 13.8. The fourth-order valence-electron chi connectivity index (χ4n) is 1.24. The van der Waals surface area contributed by atoms with E-state index in [1.807, 2.05) is 19.9 Å². The molecule has 1 aromatic rings. The molecule has 0 radical (unpaired) electrons. The number of rotatable bonds is 5. The summed E-state index contributed by atoms with van der Waals surface area (Å²) in [6.45, 7) is 4.75. The maximum absolute atomic E-state index is 10.7. The molecule has 1 aromatic carbocycles. The Bertz CT molecular complexity index is 331. The zero-order valence-corrected chi connectivity index (χ0v) is 9.63. The van der Waals surface area contributed by atoms with Gasteiger partial charge in [-0.15, -0.1) is 11.8 Å². The van der Waals surface area contributed by atoms with Crippen molar-refractivity contribution in [1.29, 1.82) is 0 Å². The van der Waals surface area contributed by atoms with E-state index in [2.05, 4.69) is 5.32 Å². The summed E-state index contributed by atoms with van der Waals surface area (Å²) in [6, 6.07) is 5.10. The van der Waals surface area contributed by atoms with Gasteiger partial charge in [0.25, 0.3) is 5.69 Å².